The van der Waals surface area contributed by atoms with Crippen molar-refractivity contribution in [3.05, 3.63) is 54.0 Å². The number of benzene rings is 1. The molecule has 0 amide bonds. The Kier molecular flexibility index (Phi) is 5.30. The van der Waals surface area contributed by atoms with Gasteiger partial charge in [0.25, 0.3) is 0 Å². The molecule has 128 valence electrons. The van der Waals surface area contributed by atoms with Crippen molar-refractivity contribution < 1.29 is 4.39 Å². The molecule has 0 unspecified atom stereocenters. The van der Waals surface area contributed by atoms with E-state index in [1.165, 1.54) is 11.6 Å². The molecule has 5 heteroatoms. The predicted octanol–water partition coefficient (Wildman–Crippen LogP) is 3.29. The number of nitrogens with two attached hydrogens (primary N) is 1. The summed E-state index contributed by atoms with van der Waals surface area (Å²) in [6.45, 7) is 5.91. The number of nitrogen functional groups attached to an aromatic ring is 1. The van der Waals surface area contributed by atoms with E-state index < -0.39 is 5.95 Å². The summed E-state index contributed by atoms with van der Waals surface area (Å²) in [5.41, 5.74) is 7.91. The number of nitrogens with zero attached hydrogens (tertiary/aromatic N) is 3. The fraction of sp³-hybridized carbons (Fsp3) is 0.421. The highest BCUT2D eigenvalue weighted by Gasteiger charge is 2.26. The minimum absolute atomic E-state index is 0.360. The lowest BCUT2D eigenvalue weighted by molar-refractivity contribution is 0.201. The Morgan fingerprint density at radius 1 is 1.17 bits per heavy atom. The quantitative estimate of drug-likeness (QED) is 0.856. The van der Waals surface area contributed by atoms with Gasteiger partial charge in [-0.25, -0.2) is 4.98 Å². The Hall–Kier alpha value is -2.14. The largest absolute Gasteiger partial charge is 0.396 e. The fourth-order valence-electron chi connectivity index (χ4n) is 3.48. The second kappa shape index (κ2) is 7.62. The summed E-state index contributed by atoms with van der Waals surface area (Å²) in [7, 11) is 0. The Balaban J connectivity index is 1.63. The molecule has 1 aromatic carbocycles. The Bertz CT molecular complexity index is 654. The molecule has 1 saturated heterocycles. The fourth-order valence-corrected chi connectivity index (χ4v) is 3.48. The monoisotopic (exact) mass is 328 g/mol. The lowest BCUT2D eigenvalue weighted by Gasteiger charge is -2.39. The van der Waals surface area contributed by atoms with Crippen LogP contribution in [0.1, 0.15) is 25.3 Å². The van der Waals surface area contributed by atoms with Crippen LogP contribution in [0.3, 0.4) is 0 Å². The standard InChI is InChI=1S/C19H25FN4/c1-2-24(19-17(21)8-9-18(20)22-19)16-10-12-23(13-11-16)14-15-6-4-3-5-7-15/h3-9,16H,2,10-14,21H2,1H3. The summed E-state index contributed by atoms with van der Waals surface area (Å²) in [5, 5.41) is 0. The summed E-state index contributed by atoms with van der Waals surface area (Å²) >= 11 is 0. The van der Waals surface area contributed by atoms with Gasteiger partial charge in [0, 0.05) is 32.2 Å². The van der Waals surface area contributed by atoms with Crippen LogP contribution >= 0.6 is 0 Å². The molecule has 24 heavy (non-hydrogen) atoms. The van der Waals surface area contributed by atoms with Crippen LogP contribution in [0, 0.1) is 5.95 Å². The van der Waals surface area contributed by atoms with Crippen LogP contribution in [0.5, 0.6) is 0 Å². The zero-order valence-electron chi connectivity index (χ0n) is 14.2. The first-order valence-corrected chi connectivity index (χ1v) is 8.62. The molecule has 0 radical (unpaired) electrons. The maximum Gasteiger partial charge on any atom is 0.214 e. The van der Waals surface area contributed by atoms with E-state index in [1.807, 2.05) is 6.07 Å². The van der Waals surface area contributed by atoms with E-state index >= 15 is 0 Å². The minimum Gasteiger partial charge on any atom is -0.396 e. The van der Waals surface area contributed by atoms with Crippen molar-refractivity contribution in [1.29, 1.82) is 0 Å². The number of piperidine rings is 1. The highest BCUT2D eigenvalue weighted by atomic mass is 19.1. The van der Waals surface area contributed by atoms with E-state index in [1.54, 1.807) is 6.07 Å². The van der Waals surface area contributed by atoms with Gasteiger partial charge >= 0.3 is 0 Å². The smallest absolute Gasteiger partial charge is 0.214 e. The average molecular weight is 328 g/mol. The SMILES string of the molecule is CCN(c1nc(F)ccc1N)C1CCN(Cc2ccccc2)CC1. The van der Waals surface area contributed by atoms with Gasteiger partial charge in [-0.3, -0.25) is 4.90 Å². The second-order valence-corrected chi connectivity index (χ2v) is 6.33. The molecule has 0 saturated carbocycles. The van der Waals surface area contributed by atoms with Gasteiger partial charge in [-0.15, -0.1) is 0 Å². The van der Waals surface area contributed by atoms with E-state index in [2.05, 4.69) is 46.0 Å². The molecule has 2 N–H and O–H groups in total. The zero-order valence-corrected chi connectivity index (χ0v) is 14.2. The van der Waals surface area contributed by atoms with Crippen LogP contribution in [-0.4, -0.2) is 35.6 Å². The van der Waals surface area contributed by atoms with Gasteiger partial charge in [0.1, 0.15) is 0 Å². The summed E-state index contributed by atoms with van der Waals surface area (Å²) < 4.78 is 13.5. The maximum absolute atomic E-state index is 13.5. The van der Waals surface area contributed by atoms with Gasteiger partial charge in [0.2, 0.25) is 5.95 Å². The molecule has 4 nitrogen and oxygen atoms in total. The van der Waals surface area contributed by atoms with E-state index in [4.69, 9.17) is 5.73 Å². The highest BCUT2D eigenvalue weighted by Crippen LogP contribution is 2.27. The Morgan fingerprint density at radius 3 is 2.54 bits per heavy atom. The zero-order chi connectivity index (χ0) is 16.9. The molecule has 0 bridgehead atoms. The van der Waals surface area contributed by atoms with Crippen LogP contribution in [0.2, 0.25) is 0 Å². The van der Waals surface area contributed by atoms with Gasteiger partial charge in [-0.1, -0.05) is 30.3 Å². The van der Waals surface area contributed by atoms with Crippen molar-refractivity contribution in [3.8, 4) is 0 Å². The van der Waals surface area contributed by atoms with Crippen LogP contribution in [0.25, 0.3) is 0 Å². The molecule has 0 atom stereocenters. The van der Waals surface area contributed by atoms with Crippen molar-refractivity contribution in [2.24, 2.45) is 0 Å². The van der Waals surface area contributed by atoms with Crippen molar-refractivity contribution in [2.45, 2.75) is 32.4 Å². The first-order valence-electron chi connectivity index (χ1n) is 8.62. The van der Waals surface area contributed by atoms with Crippen molar-refractivity contribution in [1.82, 2.24) is 9.88 Å². The number of halogens is 1. The van der Waals surface area contributed by atoms with Crippen LogP contribution < -0.4 is 10.6 Å². The van der Waals surface area contributed by atoms with Crippen LogP contribution in [0.15, 0.2) is 42.5 Å². The molecule has 1 aromatic heterocycles. The van der Waals surface area contributed by atoms with E-state index in [9.17, 15) is 4.39 Å². The summed E-state index contributed by atoms with van der Waals surface area (Å²) in [6.07, 6.45) is 2.08. The number of likely N-dealkylation sites (tertiary alicyclic amines) is 1. The number of pyridine rings is 1. The van der Waals surface area contributed by atoms with Gasteiger partial charge < -0.3 is 10.6 Å². The number of anilines is 2. The Labute approximate surface area is 143 Å². The molecule has 2 heterocycles. The van der Waals surface area contributed by atoms with E-state index in [-0.39, 0.29) is 0 Å². The summed E-state index contributed by atoms with van der Waals surface area (Å²) in [4.78, 5) is 8.65. The lowest BCUT2D eigenvalue weighted by Crippen LogP contribution is -2.45. The number of rotatable bonds is 5. The topological polar surface area (TPSA) is 45.4 Å². The van der Waals surface area contributed by atoms with Crippen molar-refractivity contribution in [2.75, 3.05) is 30.3 Å². The second-order valence-electron chi connectivity index (χ2n) is 6.33. The van der Waals surface area contributed by atoms with E-state index in [0.29, 0.717) is 17.5 Å². The number of hydrogen-bond acceptors (Lipinski definition) is 4. The molecule has 1 aliphatic rings. The van der Waals surface area contributed by atoms with Crippen molar-refractivity contribution in [3.63, 3.8) is 0 Å². The lowest BCUT2D eigenvalue weighted by atomic mass is 10.0. The maximum atomic E-state index is 13.5. The first kappa shape index (κ1) is 16.7. The van der Waals surface area contributed by atoms with Gasteiger partial charge in [-0.2, -0.15) is 4.39 Å². The summed E-state index contributed by atoms with van der Waals surface area (Å²) in [6, 6.07) is 13.8. The van der Waals surface area contributed by atoms with Gasteiger partial charge in [0.05, 0.1) is 5.69 Å². The predicted molar refractivity (Wildman–Crippen MR) is 96.4 cm³/mol. The molecule has 0 aliphatic carbocycles. The third-order valence-electron chi connectivity index (χ3n) is 4.73. The molecule has 2 aromatic rings. The minimum atomic E-state index is -0.473. The Morgan fingerprint density at radius 2 is 1.88 bits per heavy atom. The molecule has 1 aliphatic heterocycles. The molecular formula is C19H25FN4. The van der Waals surface area contributed by atoms with Crippen molar-refractivity contribution >= 4 is 11.5 Å². The van der Waals surface area contributed by atoms with Gasteiger partial charge in [-0.05, 0) is 37.5 Å². The van der Waals surface area contributed by atoms with Crippen LogP contribution in [-0.2, 0) is 6.54 Å². The third kappa shape index (κ3) is 3.85. The number of aromatic nitrogens is 1. The number of hydrogen-bond donors (Lipinski definition) is 1. The first-order chi connectivity index (χ1) is 11.7. The van der Waals surface area contributed by atoms with Crippen LogP contribution in [0.4, 0.5) is 15.9 Å². The van der Waals surface area contributed by atoms with E-state index in [0.717, 1.165) is 39.0 Å². The normalized spacial score (nSPS) is 16.2. The molecule has 3 rings (SSSR count). The van der Waals surface area contributed by atoms with Gasteiger partial charge in [0.15, 0.2) is 5.82 Å². The molecular weight excluding hydrogens is 303 g/mol. The molecule has 1 fully saturated rings. The average Bonchev–Trinajstić information content (AvgIpc) is 2.61. The molecule has 0 spiro atoms. The summed E-state index contributed by atoms with van der Waals surface area (Å²) in [5.74, 6) is 0.109. The third-order valence-corrected chi connectivity index (χ3v) is 4.73. The highest BCUT2D eigenvalue weighted by molar-refractivity contribution is 5.62.